The number of amides is 1. The Labute approximate surface area is 189 Å². The molecule has 3 atom stereocenters. The number of rotatable bonds is 2. The lowest BCUT2D eigenvalue weighted by molar-refractivity contribution is -0.145. The molecule has 1 N–H and O–H groups in total. The summed E-state index contributed by atoms with van der Waals surface area (Å²) in [4.78, 5) is 40.4. The van der Waals surface area contributed by atoms with Crippen LogP contribution in [0.5, 0.6) is 0 Å². The maximum atomic E-state index is 13.3. The highest BCUT2D eigenvalue weighted by atomic mass is 16.5. The number of ketones is 1. The van der Waals surface area contributed by atoms with Crippen molar-refractivity contribution in [3.63, 3.8) is 0 Å². The lowest BCUT2D eigenvalue weighted by Gasteiger charge is -2.27. The van der Waals surface area contributed by atoms with Gasteiger partial charge in [0, 0.05) is 18.8 Å². The van der Waals surface area contributed by atoms with Crippen molar-refractivity contribution in [2.45, 2.75) is 45.7 Å². The van der Waals surface area contributed by atoms with Gasteiger partial charge >= 0.3 is 5.97 Å². The molecule has 0 radical (unpaired) electrons. The molecular weight excluding hydrogens is 404 g/mol. The van der Waals surface area contributed by atoms with Crippen LogP contribution in [-0.2, 0) is 25.5 Å². The Morgan fingerprint density at radius 1 is 1.00 bits per heavy atom. The van der Waals surface area contributed by atoms with E-state index in [1.165, 1.54) is 7.11 Å². The molecule has 0 saturated heterocycles. The lowest BCUT2D eigenvalue weighted by atomic mass is 9.88. The van der Waals surface area contributed by atoms with Crippen LogP contribution in [-0.4, -0.2) is 49.8 Å². The van der Waals surface area contributed by atoms with Gasteiger partial charge in [-0.3, -0.25) is 14.5 Å². The van der Waals surface area contributed by atoms with Gasteiger partial charge in [0.05, 0.1) is 13.2 Å². The first kappa shape index (κ1) is 23.7. The smallest absolute Gasteiger partial charge is 0.328 e. The van der Waals surface area contributed by atoms with E-state index in [1.54, 1.807) is 6.92 Å². The van der Waals surface area contributed by atoms with Crippen LogP contribution in [0.3, 0.4) is 0 Å². The van der Waals surface area contributed by atoms with Gasteiger partial charge in [-0.05, 0) is 67.4 Å². The fourth-order valence-corrected chi connectivity index (χ4v) is 4.35. The number of benzene rings is 2. The molecule has 170 valence electrons. The summed E-state index contributed by atoms with van der Waals surface area (Å²) in [6.07, 6.45) is 0.390. The largest absolute Gasteiger partial charge is 0.467 e. The minimum Gasteiger partial charge on any atom is -0.467 e. The van der Waals surface area contributed by atoms with E-state index in [1.807, 2.05) is 50.2 Å². The van der Waals surface area contributed by atoms with Crippen LogP contribution in [0.25, 0.3) is 11.1 Å². The third kappa shape index (κ3) is 4.91. The normalized spacial score (nSPS) is 21.7. The van der Waals surface area contributed by atoms with Crippen LogP contribution in [0.15, 0.2) is 36.4 Å². The number of carbonyl (C=O) groups excluding carboxylic acids is 3. The van der Waals surface area contributed by atoms with E-state index in [4.69, 9.17) is 4.74 Å². The molecule has 0 unspecified atom stereocenters. The van der Waals surface area contributed by atoms with E-state index in [-0.39, 0.29) is 18.1 Å². The van der Waals surface area contributed by atoms with Gasteiger partial charge in [0.1, 0.15) is 6.04 Å². The van der Waals surface area contributed by atoms with E-state index in [0.29, 0.717) is 6.42 Å². The number of carbonyl (C=O) groups is 3. The van der Waals surface area contributed by atoms with E-state index in [2.05, 4.69) is 24.4 Å². The number of methoxy groups -OCH3 is 1. The van der Waals surface area contributed by atoms with Crippen molar-refractivity contribution in [1.82, 2.24) is 10.2 Å². The zero-order valence-corrected chi connectivity index (χ0v) is 19.7. The van der Waals surface area contributed by atoms with E-state index in [9.17, 15) is 14.4 Å². The summed E-state index contributed by atoms with van der Waals surface area (Å²) in [5.74, 6) is -1.45. The van der Waals surface area contributed by atoms with Crippen LogP contribution in [0.4, 0.5) is 0 Å². The zero-order valence-electron chi connectivity index (χ0n) is 19.7. The highest BCUT2D eigenvalue weighted by Crippen LogP contribution is 2.33. The topological polar surface area (TPSA) is 75.7 Å². The summed E-state index contributed by atoms with van der Waals surface area (Å²) in [5.41, 5.74) is 6.15. The van der Waals surface area contributed by atoms with Gasteiger partial charge < -0.3 is 10.1 Å². The molecule has 0 saturated carbocycles. The molecule has 32 heavy (non-hydrogen) atoms. The van der Waals surface area contributed by atoms with E-state index < -0.39 is 24.0 Å². The number of nitrogens with one attached hydrogen (secondary N) is 1. The second-order valence-corrected chi connectivity index (χ2v) is 8.95. The van der Waals surface area contributed by atoms with Crippen molar-refractivity contribution in [2.24, 2.45) is 5.92 Å². The molecule has 1 aliphatic heterocycles. The quantitative estimate of drug-likeness (QED) is 0.731. The molecule has 6 nitrogen and oxygen atoms in total. The predicted molar refractivity (Wildman–Crippen MR) is 124 cm³/mol. The minimum atomic E-state index is -0.819. The van der Waals surface area contributed by atoms with Gasteiger partial charge in [-0.2, -0.15) is 0 Å². The van der Waals surface area contributed by atoms with Crippen molar-refractivity contribution in [2.75, 3.05) is 21.2 Å². The number of fused-ring (bicyclic) bond motifs is 5. The highest BCUT2D eigenvalue weighted by molar-refractivity contribution is 5.92. The van der Waals surface area contributed by atoms with Gasteiger partial charge in [0.2, 0.25) is 5.91 Å². The van der Waals surface area contributed by atoms with Crippen molar-refractivity contribution in [1.29, 1.82) is 0 Å². The SMILES string of the molecule is COC(=O)[C@@H]1Cc2ccc(C)c(c2)-c2cc(ccc2C)[C@H](N(C)C)C(=O)C[C@@H](C)C(=O)N1. The van der Waals surface area contributed by atoms with Crippen LogP contribution in [0.1, 0.15) is 41.6 Å². The average molecular weight is 437 g/mol. The van der Waals surface area contributed by atoms with Crippen molar-refractivity contribution in [3.05, 3.63) is 58.7 Å². The Morgan fingerprint density at radius 2 is 1.62 bits per heavy atom. The summed E-state index contributed by atoms with van der Waals surface area (Å²) < 4.78 is 4.93. The van der Waals surface area contributed by atoms with E-state index in [0.717, 1.165) is 33.4 Å². The number of likely N-dealkylation sites (N-methyl/N-ethyl adjacent to an activating group) is 1. The fourth-order valence-electron chi connectivity index (χ4n) is 4.35. The van der Waals surface area contributed by atoms with Gasteiger partial charge in [-0.1, -0.05) is 37.3 Å². The summed E-state index contributed by atoms with van der Waals surface area (Å²) in [6, 6.07) is 10.9. The highest BCUT2D eigenvalue weighted by Gasteiger charge is 2.30. The van der Waals surface area contributed by atoms with Crippen molar-refractivity contribution >= 4 is 17.7 Å². The average Bonchev–Trinajstić information content (AvgIpc) is 2.74. The Hall–Kier alpha value is -2.99. The first-order valence-electron chi connectivity index (χ1n) is 10.9. The number of hydrogen-bond donors (Lipinski definition) is 1. The number of Topliss-reactive ketones (excluding diaryl/α,β-unsaturated/α-hetero) is 1. The number of esters is 1. The minimum absolute atomic E-state index is 0.0374. The standard InChI is InChI=1S/C26H32N2O4/c1-15-7-9-18-12-20(15)21-14-19(10-8-16(21)2)24(28(4)5)23(29)11-17(3)25(30)27-22(13-18)26(31)32-6/h7-10,12,14,17,22,24H,11,13H2,1-6H3,(H,27,30)/t17-,22+,24+/m1/s1. The zero-order chi connectivity index (χ0) is 23.6. The molecule has 1 amide bonds. The van der Waals surface area contributed by atoms with Gasteiger partial charge in [-0.15, -0.1) is 0 Å². The molecule has 0 aromatic heterocycles. The Morgan fingerprint density at radius 3 is 2.25 bits per heavy atom. The van der Waals surface area contributed by atoms with Crippen molar-refractivity contribution < 1.29 is 19.1 Å². The first-order chi connectivity index (χ1) is 15.1. The molecule has 3 rings (SSSR count). The molecule has 4 bridgehead atoms. The third-order valence-corrected chi connectivity index (χ3v) is 6.19. The molecule has 1 aliphatic rings. The molecule has 2 aromatic carbocycles. The van der Waals surface area contributed by atoms with Gasteiger partial charge in [-0.25, -0.2) is 4.79 Å². The molecule has 0 aliphatic carbocycles. The second kappa shape index (κ2) is 9.65. The summed E-state index contributed by atoms with van der Waals surface area (Å²) in [7, 11) is 5.05. The number of hydrogen-bond acceptors (Lipinski definition) is 5. The molecule has 1 heterocycles. The summed E-state index contributed by atoms with van der Waals surface area (Å²) in [5, 5.41) is 2.80. The molecule has 0 fully saturated rings. The fraction of sp³-hybridized carbons (Fsp3) is 0.423. The molecular formula is C26H32N2O4. The maximum Gasteiger partial charge on any atom is 0.328 e. The number of nitrogens with zero attached hydrogens (tertiary/aromatic N) is 1. The third-order valence-electron chi connectivity index (χ3n) is 6.19. The van der Waals surface area contributed by atoms with Crippen LogP contribution in [0.2, 0.25) is 0 Å². The van der Waals surface area contributed by atoms with Crippen LogP contribution >= 0.6 is 0 Å². The van der Waals surface area contributed by atoms with Crippen LogP contribution in [0, 0.1) is 19.8 Å². The predicted octanol–water partition coefficient (Wildman–Crippen LogP) is 3.38. The maximum absolute atomic E-state index is 13.3. The molecule has 0 spiro atoms. The summed E-state index contributed by atoms with van der Waals surface area (Å²) in [6.45, 7) is 5.81. The summed E-state index contributed by atoms with van der Waals surface area (Å²) >= 11 is 0. The Kier molecular flexibility index (Phi) is 7.14. The van der Waals surface area contributed by atoms with E-state index >= 15 is 0 Å². The Balaban J connectivity index is 2.21. The number of aryl methyl sites for hydroxylation is 2. The van der Waals surface area contributed by atoms with Crippen LogP contribution < -0.4 is 5.32 Å². The number of ether oxygens (including phenoxy) is 1. The molecule has 2 aromatic rings. The lowest BCUT2D eigenvalue weighted by Crippen LogP contribution is -2.45. The Bertz CT molecular complexity index is 1040. The first-order valence-corrected chi connectivity index (χ1v) is 10.9. The second-order valence-electron chi connectivity index (χ2n) is 8.95. The van der Waals surface area contributed by atoms with Crippen molar-refractivity contribution in [3.8, 4) is 11.1 Å². The molecule has 6 heteroatoms. The van der Waals surface area contributed by atoms with Gasteiger partial charge in [0.15, 0.2) is 5.78 Å². The monoisotopic (exact) mass is 436 g/mol. The van der Waals surface area contributed by atoms with Gasteiger partial charge in [0.25, 0.3) is 0 Å².